The zero-order chi connectivity index (χ0) is 19.3. The largest absolute Gasteiger partial charge is 0.325 e. The summed E-state index contributed by atoms with van der Waals surface area (Å²) in [5.41, 5.74) is 2.22. The maximum Gasteiger partial charge on any atom is 0.241 e. The summed E-state index contributed by atoms with van der Waals surface area (Å²) in [5, 5.41) is 3.78. The van der Waals surface area contributed by atoms with Gasteiger partial charge in [0.15, 0.2) is 0 Å². The van der Waals surface area contributed by atoms with Crippen molar-refractivity contribution in [3.8, 4) is 0 Å². The number of benzene rings is 2. The van der Waals surface area contributed by atoms with Crippen molar-refractivity contribution in [3.05, 3.63) is 71.6 Å². The summed E-state index contributed by atoms with van der Waals surface area (Å²) in [6.45, 7) is 0.965. The first-order chi connectivity index (χ1) is 13.7. The number of piperidine rings is 1. The second kappa shape index (κ2) is 9.11. The van der Waals surface area contributed by atoms with E-state index in [1.54, 1.807) is 0 Å². The molecule has 1 aliphatic carbocycles. The third-order valence-corrected chi connectivity index (χ3v) is 6.43. The summed E-state index contributed by atoms with van der Waals surface area (Å²) in [5.74, 6) is 0.606. The van der Waals surface area contributed by atoms with Gasteiger partial charge in [-0.1, -0.05) is 54.8 Å². The Hall–Kier alpha value is -1.84. The van der Waals surface area contributed by atoms with E-state index in [1.165, 1.54) is 31.2 Å². The number of hydrogen-bond donors (Lipinski definition) is 1. The van der Waals surface area contributed by atoms with Crippen LogP contribution in [0.3, 0.4) is 0 Å². The average molecular weight is 396 g/mol. The lowest BCUT2D eigenvalue weighted by Gasteiger charge is -2.45. The van der Waals surface area contributed by atoms with Crippen LogP contribution in [-0.2, 0) is 4.79 Å². The Bertz CT molecular complexity index is 777. The molecule has 1 aliphatic heterocycles. The quantitative estimate of drug-likeness (QED) is 0.722. The van der Waals surface area contributed by atoms with E-state index in [-0.39, 0.29) is 11.9 Å². The second-order valence-corrected chi connectivity index (χ2v) is 8.37. The van der Waals surface area contributed by atoms with Gasteiger partial charge in [-0.25, -0.2) is 0 Å². The van der Waals surface area contributed by atoms with Gasteiger partial charge < -0.3 is 5.32 Å². The Balaban J connectivity index is 1.53. The summed E-state index contributed by atoms with van der Waals surface area (Å²) in [4.78, 5) is 15.6. The molecule has 0 bridgehead atoms. The molecule has 28 heavy (non-hydrogen) atoms. The van der Waals surface area contributed by atoms with E-state index < -0.39 is 0 Å². The van der Waals surface area contributed by atoms with Crippen LogP contribution in [0.4, 0.5) is 5.69 Å². The number of rotatable bonds is 4. The minimum Gasteiger partial charge on any atom is -0.325 e. The Morgan fingerprint density at radius 2 is 1.75 bits per heavy atom. The highest BCUT2D eigenvalue weighted by atomic mass is 35.5. The molecule has 1 saturated heterocycles. The molecular formula is C24H28ClN2O. The van der Waals surface area contributed by atoms with Crippen LogP contribution in [0.25, 0.3) is 0 Å². The third kappa shape index (κ3) is 4.42. The molecule has 1 heterocycles. The zero-order valence-corrected chi connectivity index (χ0v) is 16.9. The highest BCUT2D eigenvalue weighted by Gasteiger charge is 2.38. The van der Waals surface area contributed by atoms with Crippen molar-refractivity contribution in [2.24, 2.45) is 0 Å². The lowest BCUT2D eigenvalue weighted by atomic mass is 9.78. The molecule has 0 aromatic heterocycles. The molecule has 1 amide bonds. The topological polar surface area (TPSA) is 32.3 Å². The SMILES string of the molecule is O=C(Nc1ccc(Cl)cc1)C1C[CH]CCN1C1CCCCC1c1ccccc1. The predicted octanol–water partition coefficient (Wildman–Crippen LogP) is 5.67. The number of anilines is 1. The van der Waals surface area contributed by atoms with E-state index in [9.17, 15) is 4.79 Å². The van der Waals surface area contributed by atoms with Gasteiger partial charge in [-0.05, 0) is 74.4 Å². The van der Waals surface area contributed by atoms with Crippen LogP contribution in [0, 0.1) is 6.42 Å². The van der Waals surface area contributed by atoms with Crippen molar-refractivity contribution in [3.63, 3.8) is 0 Å². The van der Waals surface area contributed by atoms with Gasteiger partial charge in [0.25, 0.3) is 0 Å². The smallest absolute Gasteiger partial charge is 0.241 e. The lowest BCUT2D eigenvalue weighted by molar-refractivity contribution is -0.123. The average Bonchev–Trinajstić information content (AvgIpc) is 2.76. The number of carbonyl (C=O) groups excluding carboxylic acids is 1. The Labute approximate surface area is 173 Å². The van der Waals surface area contributed by atoms with Crippen LogP contribution in [0.1, 0.15) is 50.0 Å². The second-order valence-electron chi connectivity index (χ2n) is 7.93. The van der Waals surface area contributed by atoms with Crippen molar-refractivity contribution >= 4 is 23.2 Å². The van der Waals surface area contributed by atoms with Crippen molar-refractivity contribution in [1.29, 1.82) is 0 Å². The first kappa shape index (κ1) is 19.5. The fraction of sp³-hybridized carbons (Fsp3) is 0.417. The molecule has 2 aliphatic rings. The number of likely N-dealkylation sites (tertiary alicyclic amines) is 1. The normalized spacial score (nSPS) is 26.0. The van der Waals surface area contributed by atoms with Gasteiger partial charge >= 0.3 is 0 Å². The first-order valence-electron chi connectivity index (χ1n) is 10.4. The summed E-state index contributed by atoms with van der Waals surface area (Å²) >= 11 is 5.97. The Morgan fingerprint density at radius 3 is 2.54 bits per heavy atom. The summed E-state index contributed by atoms with van der Waals surface area (Å²) < 4.78 is 0. The van der Waals surface area contributed by atoms with E-state index >= 15 is 0 Å². The van der Waals surface area contributed by atoms with Gasteiger partial charge in [0, 0.05) is 16.8 Å². The molecule has 0 spiro atoms. The molecule has 3 atom stereocenters. The zero-order valence-electron chi connectivity index (χ0n) is 16.2. The summed E-state index contributed by atoms with van der Waals surface area (Å²) in [7, 11) is 0. The standard InChI is InChI=1S/C24H28ClN2O/c25-19-13-15-20(16-14-19)26-24(28)23-12-6-7-17-27(23)22-11-5-4-10-21(22)18-8-2-1-3-9-18/h1-3,6,8-9,13-16,21-23H,4-5,7,10-12,17H2,(H,26,28). The van der Waals surface area contributed by atoms with E-state index in [2.05, 4.69) is 47.0 Å². The van der Waals surface area contributed by atoms with Gasteiger partial charge in [-0.3, -0.25) is 9.69 Å². The van der Waals surface area contributed by atoms with Gasteiger partial charge in [0.05, 0.1) is 6.04 Å². The molecule has 2 aromatic rings. The van der Waals surface area contributed by atoms with E-state index in [0.29, 0.717) is 17.0 Å². The fourth-order valence-electron chi connectivity index (χ4n) is 4.82. The van der Waals surface area contributed by atoms with Crippen LogP contribution in [0.5, 0.6) is 0 Å². The van der Waals surface area contributed by atoms with Crippen molar-refractivity contribution in [2.45, 2.75) is 56.5 Å². The maximum absolute atomic E-state index is 13.1. The molecule has 1 N–H and O–H groups in total. The number of nitrogens with one attached hydrogen (secondary N) is 1. The van der Waals surface area contributed by atoms with Gasteiger partial charge in [-0.2, -0.15) is 0 Å². The molecule has 1 saturated carbocycles. The molecular weight excluding hydrogens is 368 g/mol. The monoisotopic (exact) mass is 395 g/mol. The summed E-state index contributed by atoms with van der Waals surface area (Å²) in [6.07, 6.45) is 9.05. The van der Waals surface area contributed by atoms with Crippen molar-refractivity contribution in [1.82, 2.24) is 4.90 Å². The maximum atomic E-state index is 13.1. The molecule has 4 heteroatoms. The van der Waals surface area contributed by atoms with Crippen LogP contribution in [0.2, 0.25) is 5.02 Å². The molecule has 4 rings (SSSR count). The van der Waals surface area contributed by atoms with Gasteiger partial charge in [0.2, 0.25) is 5.91 Å². The molecule has 1 radical (unpaired) electrons. The van der Waals surface area contributed by atoms with Crippen LogP contribution < -0.4 is 5.32 Å². The minimum absolute atomic E-state index is 0.0932. The Morgan fingerprint density at radius 1 is 1.00 bits per heavy atom. The van der Waals surface area contributed by atoms with Gasteiger partial charge in [0.1, 0.15) is 0 Å². The first-order valence-corrected chi connectivity index (χ1v) is 10.8. The van der Waals surface area contributed by atoms with E-state index in [1.807, 2.05) is 24.3 Å². The highest BCUT2D eigenvalue weighted by Crippen LogP contribution is 2.38. The molecule has 2 aromatic carbocycles. The third-order valence-electron chi connectivity index (χ3n) is 6.18. The number of halogens is 1. The van der Waals surface area contributed by atoms with Crippen molar-refractivity contribution in [2.75, 3.05) is 11.9 Å². The van der Waals surface area contributed by atoms with Gasteiger partial charge in [-0.15, -0.1) is 0 Å². The Kier molecular flexibility index (Phi) is 6.33. The number of hydrogen-bond acceptors (Lipinski definition) is 2. The lowest BCUT2D eigenvalue weighted by Crippen LogP contribution is -2.54. The number of carbonyl (C=O) groups is 1. The fourth-order valence-corrected chi connectivity index (χ4v) is 4.94. The molecule has 2 fully saturated rings. The number of amides is 1. The van der Waals surface area contributed by atoms with Crippen LogP contribution in [-0.4, -0.2) is 29.4 Å². The predicted molar refractivity (Wildman–Crippen MR) is 116 cm³/mol. The highest BCUT2D eigenvalue weighted by molar-refractivity contribution is 6.30. The van der Waals surface area contributed by atoms with Crippen LogP contribution in [0.15, 0.2) is 54.6 Å². The molecule has 3 unspecified atom stereocenters. The van der Waals surface area contributed by atoms with E-state index in [0.717, 1.165) is 25.1 Å². The van der Waals surface area contributed by atoms with E-state index in [4.69, 9.17) is 11.6 Å². The summed E-state index contributed by atoms with van der Waals surface area (Å²) in [6, 6.07) is 18.6. The van der Waals surface area contributed by atoms with Crippen molar-refractivity contribution < 1.29 is 4.79 Å². The molecule has 147 valence electrons. The molecule has 3 nitrogen and oxygen atoms in total. The minimum atomic E-state index is -0.0984. The number of nitrogens with zero attached hydrogens (tertiary/aromatic N) is 1. The van der Waals surface area contributed by atoms with Crippen LogP contribution >= 0.6 is 11.6 Å².